The number of benzene rings is 1. The average molecular weight is 227 g/mol. The SMILES string of the molecule is O=C(Nc1cccc(O)c1)C1CC(F)(F)C1. The second-order valence-corrected chi connectivity index (χ2v) is 4.00. The average Bonchev–Trinajstić information content (AvgIpc) is 2.13. The highest BCUT2D eigenvalue weighted by Crippen LogP contribution is 2.42. The largest absolute Gasteiger partial charge is 0.508 e. The van der Waals surface area contributed by atoms with Crippen molar-refractivity contribution in [3.63, 3.8) is 0 Å². The summed E-state index contributed by atoms with van der Waals surface area (Å²) in [5, 5.41) is 11.6. The summed E-state index contributed by atoms with van der Waals surface area (Å²) in [6.07, 6.45) is -0.782. The van der Waals surface area contributed by atoms with E-state index < -0.39 is 30.6 Å². The fourth-order valence-electron chi connectivity index (χ4n) is 1.67. The van der Waals surface area contributed by atoms with Crippen LogP contribution in [0, 0.1) is 5.92 Å². The van der Waals surface area contributed by atoms with Crippen LogP contribution in [0.15, 0.2) is 24.3 Å². The monoisotopic (exact) mass is 227 g/mol. The van der Waals surface area contributed by atoms with E-state index in [-0.39, 0.29) is 5.75 Å². The minimum atomic E-state index is -2.69. The lowest BCUT2D eigenvalue weighted by atomic mass is 9.81. The van der Waals surface area contributed by atoms with E-state index in [9.17, 15) is 13.6 Å². The molecular weight excluding hydrogens is 216 g/mol. The second-order valence-electron chi connectivity index (χ2n) is 4.00. The third kappa shape index (κ3) is 2.29. The van der Waals surface area contributed by atoms with Gasteiger partial charge >= 0.3 is 0 Å². The Bertz CT molecular complexity index is 412. The van der Waals surface area contributed by atoms with Crippen LogP contribution in [0.1, 0.15) is 12.8 Å². The number of hydrogen-bond donors (Lipinski definition) is 2. The smallest absolute Gasteiger partial charge is 0.249 e. The Balaban J connectivity index is 1.94. The molecule has 1 amide bonds. The molecule has 1 aliphatic carbocycles. The van der Waals surface area contributed by atoms with E-state index in [1.165, 1.54) is 12.1 Å². The number of rotatable bonds is 2. The number of phenols is 1. The Morgan fingerprint density at radius 1 is 1.44 bits per heavy atom. The fraction of sp³-hybridized carbons (Fsp3) is 0.364. The van der Waals surface area contributed by atoms with E-state index in [4.69, 9.17) is 5.11 Å². The zero-order valence-corrected chi connectivity index (χ0v) is 8.41. The minimum Gasteiger partial charge on any atom is -0.508 e. The lowest BCUT2D eigenvalue weighted by molar-refractivity contribution is -0.145. The van der Waals surface area contributed by atoms with Gasteiger partial charge in [-0.2, -0.15) is 0 Å². The van der Waals surface area contributed by atoms with Crippen LogP contribution in [0.2, 0.25) is 0 Å². The molecule has 0 aliphatic heterocycles. The van der Waals surface area contributed by atoms with Gasteiger partial charge in [-0.15, -0.1) is 0 Å². The van der Waals surface area contributed by atoms with Gasteiger partial charge in [-0.05, 0) is 12.1 Å². The number of alkyl halides is 2. The molecule has 1 fully saturated rings. The summed E-state index contributed by atoms with van der Waals surface area (Å²) in [4.78, 5) is 11.5. The number of amides is 1. The van der Waals surface area contributed by atoms with Crippen LogP contribution < -0.4 is 5.32 Å². The molecule has 1 aromatic carbocycles. The number of hydrogen-bond acceptors (Lipinski definition) is 2. The molecule has 0 radical (unpaired) electrons. The summed E-state index contributed by atoms with van der Waals surface area (Å²) >= 11 is 0. The summed E-state index contributed by atoms with van der Waals surface area (Å²) in [6.45, 7) is 0. The van der Waals surface area contributed by atoms with Gasteiger partial charge in [0.05, 0.1) is 0 Å². The number of nitrogens with one attached hydrogen (secondary N) is 1. The van der Waals surface area contributed by atoms with Gasteiger partial charge in [0.25, 0.3) is 0 Å². The fourth-order valence-corrected chi connectivity index (χ4v) is 1.67. The molecule has 1 aromatic rings. The Labute approximate surface area is 91.1 Å². The maximum Gasteiger partial charge on any atom is 0.249 e. The van der Waals surface area contributed by atoms with Gasteiger partial charge in [-0.3, -0.25) is 4.79 Å². The van der Waals surface area contributed by atoms with Gasteiger partial charge in [-0.1, -0.05) is 6.07 Å². The van der Waals surface area contributed by atoms with Crippen LogP contribution in [-0.4, -0.2) is 16.9 Å². The van der Waals surface area contributed by atoms with Crippen molar-refractivity contribution in [2.45, 2.75) is 18.8 Å². The topological polar surface area (TPSA) is 49.3 Å². The molecule has 3 nitrogen and oxygen atoms in total. The number of anilines is 1. The molecule has 0 saturated heterocycles. The van der Waals surface area contributed by atoms with E-state index in [1.807, 2.05) is 0 Å². The predicted molar refractivity (Wildman–Crippen MR) is 54.4 cm³/mol. The highest BCUT2D eigenvalue weighted by Gasteiger charge is 2.48. The number of phenolic OH excluding ortho intramolecular Hbond substituents is 1. The third-order valence-electron chi connectivity index (χ3n) is 2.57. The third-order valence-corrected chi connectivity index (χ3v) is 2.57. The molecule has 0 unspecified atom stereocenters. The van der Waals surface area contributed by atoms with Crippen molar-refractivity contribution < 1.29 is 18.7 Å². The van der Waals surface area contributed by atoms with Crippen molar-refractivity contribution in [3.8, 4) is 5.75 Å². The maximum atomic E-state index is 12.5. The van der Waals surface area contributed by atoms with Crippen molar-refractivity contribution in [1.82, 2.24) is 0 Å². The van der Waals surface area contributed by atoms with Crippen LogP contribution in [0.4, 0.5) is 14.5 Å². The first kappa shape index (κ1) is 10.9. The lowest BCUT2D eigenvalue weighted by Gasteiger charge is -2.33. The molecule has 1 saturated carbocycles. The first-order chi connectivity index (χ1) is 7.46. The first-order valence-electron chi connectivity index (χ1n) is 4.94. The van der Waals surface area contributed by atoms with Crippen LogP contribution in [-0.2, 0) is 4.79 Å². The number of aromatic hydroxyl groups is 1. The van der Waals surface area contributed by atoms with Crippen molar-refractivity contribution in [1.29, 1.82) is 0 Å². The molecule has 0 aromatic heterocycles. The summed E-state index contributed by atoms with van der Waals surface area (Å²) in [5.74, 6) is -3.72. The van der Waals surface area contributed by atoms with Gasteiger partial charge in [-0.25, -0.2) is 8.78 Å². The van der Waals surface area contributed by atoms with E-state index in [0.29, 0.717) is 5.69 Å². The molecule has 5 heteroatoms. The second kappa shape index (κ2) is 3.73. The molecule has 0 atom stereocenters. The van der Waals surface area contributed by atoms with E-state index in [0.717, 1.165) is 0 Å². The maximum absolute atomic E-state index is 12.5. The van der Waals surface area contributed by atoms with Crippen molar-refractivity contribution in [3.05, 3.63) is 24.3 Å². The van der Waals surface area contributed by atoms with Crippen LogP contribution >= 0.6 is 0 Å². The predicted octanol–water partition coefficient (Wildman–Crippen LogP) is 2.38. The summed E-state index contributed by atoms with van der Waals surface area (Å²) in [6, 6.07) is 6.00. The minimum absolute atomic E-state index is 0.0248. The molecule has 0 spiro atoms. The molecule has 0 bridgehead atoms. The van der Waals surface area contributed by atoms with E-state index >= 15 is 0 Å². The van der Waals surface area contributed by atoms with Gasteiger partial charge in [0.15, 0.2) is 0 Å². The number of carbonyl (C=O) groups excluding carboxylic acids is 1. The highest BCUT2D eigenvalue weighted by atomic mass is 19.3. The molecule has 86 valence electrons. The van der Waals surface area contributed by atoms with Gasteiger partial charge in [0.2, 0.25) is 11.8 Å². The lowest BCUT2D eigenvalue weighted by Crippen LogP contribution is -2.42. The first-order valence-corrected chi connectivity index (χ1v) is 4.94. The standard InChI is InChI=1S/C11H11F2NO2/c12-11(13)5-7(6-11)10(16)14-8-2-1-3-9(15)4-8/h1-4,7,15H,5-6H2,(H,14,16). The Kier molecular flexibility index (Phi) is 2.53. The van der Waals surface area contributed by atoms with Gasteiger partial charge in [0.1, 0.15) is 5.75 Å². The Morgan fingerprint density at radius 3 is 2.69 bits per heavy atom. The summed E-state index contributed by atoms with van der Waals surface area (Å²) in [5.41, 5.74) is 0.417. The molecular formula is C11H11F2NO2. The molecule has 16 heavy (non-hydrogen) atoms. The zero-order valence-electron chi connectivity index (χ0n) is 8.41. The van der Waals surface area contributed by atoms with E-state index in [1.54, 1.807) is 12.1 Å². The van der Waals surface area contributed by atoms with Crippen LogP contribution in [0.5, 0.6) is 5.75 Å². The Hall–Kier alpha value is -1.65. The zero-order chi connectivity index (χ0) is 11.8. The summed E-state index contributed by atoms with van der Waals surface area (Å²) in [7, 11) is 0. The van der Waals surface area contributed by atoms with Crippen molar-refractivity contribution in [2.75, 3.05) is 5.32 Å². The summed E-state index contributed by atoms with van der Waals surface area (Å²) < 4.78 is 25.1. The molecule has 2 rings (SSSR count). The quantitative estimate of drug-likeness (QED) is 0.814. The van der Waals surface area contributed by atoms with Gasteiger partial charge < -0.3 is 10.4 Å². The molecule has 2 N–H and O–H groups in total. The van der Waals surface area contributed by atoms with Crippen molar-refractivity contribution in [2.24, 2.45) is 5.92 Å². The van der Waals surface area contributed by atoms with Crippen LogP contribution in [0.25, 0.3) is 0 Å². The Morgan fingerprint density at radius 2 is 2.12 bits per heavy atom. The molecule has 0 heterocycles. The van der Waals surface area contributed by atoms with E-state index in [2.05, 4.69) is 5.32 Å². The van der Waals surface area contributed by atoms with Crippen LogP contribution in [0.3, 0.4) is 0 Å². The number of halogens is 2. The van der Waals surface area contributed by atoms with Crippen molar-refractivity contribution >= 4 is 11.6 Å². The van der Waals surface area contributed by atoms with Gasteiger partial charge in [0, 0.05) is 30.5 Å². The highest BCUT2D eigenvalue weighted by molar-refractivity contribution is 5.93. The number of carbonyl (C=O) groups is 1. The molecule has 1 aliphatic rings. The normalized spacial score (nSPS) is 18.9.